The predicted octanol–water partition coefficient (Wildman–Crippen LogP) is 3.24. The van der Waals surface area contributed by atoms with Crippen LogP contribution in [0.4, 0.5) is 0 Å². The fourth-order valence-electron chi connectivity index (χ4n) is 5.29. The van der Waals surface area contributed by atoms with Gasteiger partial charge >= 0.3 is 7.12 Å². The first-order valence-electron chi connectivity index (χ1n) is 11.7. The van der Waals surface area contributed by atoms with E-state index in [1.165, 1.54) is 5.56 Å². The molecule has 3 saturated heterocycles. The van der Waals surface area contributed by atoms with Crippen molar-refractivity contribution < 1.29 is 19.2 Å². The third-order valence-electron chi connectivity index (χ3n) is 7.86. The number of rotatable bonds is 4. The molecule has 2 unspecified atom stereocenters. The Hall–Kier alpha value is -1.70. The first-order chi connectivity index (χ1) is 15.2. The molecule has 5 nitrogen and oxygen atoms in total. The molecule has 1 N–H and O–H groups in total. The van der Waals surface area contributed by atoms with Crippen LogP contribution in [0.5, 0.6) is 0 Å². The van der Waals surface area contributed by atoms with Crippen LogP contribution in [0.15, 0.2) is 54.6 Å². The van der Waals surface area contributed by atoms with Crippen molar-refractivity contribution in [1.82, 2.24) is 4.90 Å². The highest BCUT2D eigenvalue weighted by atomic mass is 16.7. The minimum Gasteiger partial charge on any atom is -0.399 e. The van der Waals surface area contributed by atoms with Gasteiger partial charge in [-0.1, -0.05) is 54.6 Å². The molecule has 0 aromatic heterocycles. The SMILES string of the molecule is CC1(C)OB(c2cccc(C3(O)CC4COCC(C3)N4Cc3ccccc3)c2)OC1(C)C. The van der Waals surface area contributed by atoms with Crippen molar-refractivity contribution >= 4 is 12.6 Å². The highest BCUT2D eigenvalue weighted by Gasteiger charge is 2.52. The van der Waals surface area contributed by atoms with Gasteiger partial charge in [-0.3, -0.25) is 4.90 Å². The van der Waals surface area contributed by atoms with Gasteiger partial charge in [-0.15, -0.1) is 0 Å². The van der Waals surface area contributed by atoms with E-state index < -0.39 is 12.7 Å². The number of benzene rings is 2. The Morgan fingerprint density at radius 2 is 1.53 bits per heavy atom. The summed E-state index contributed by atoms with van der Waals surface area (Å²) in [6, 6.07) is 19.1. The van der Waals surface area contributed by atoms with E-state index in [-0.39, 0.29) is 23.3 Å². The maximum absolute atomic E-state index is 11.8. The van der Waals surface area contributed by atoms with Crippen molar-refractivity contribution in [2.24, 2.45) is 0 Å². The summed E-state index contributed by atoms with van der Waals surface area (Å²) in [6.45, 7) is 10.5. The summed E-state index contributed by atoms with van der Waals surface area (Å²) >= 11 is 0. The van der Waals surface area contributed by atoms with Crippen molar-refractivity contribution in [2.75, 3.05) is 13.2 Å². The summed E-state index contributed by atoms with van der Waals surface area (Å²) in [4.78, 5) is 2.52. The molecule has 170 valence electrons. The molecular weight excluding hydrogens is 401 g/mol. The molecule has 2 bridgehead atoms. The third-order valence-corrected chi connectivity index (χ3v) is 7.86. The number of nitrogens with zero attached hydrogens (tertiary/aromatic N) is 1. The molecule has 0 amide bonds. The minimum atomic E-state index is -0.883. The van der Waals surface area contributed by atoms with Crippen molar-refractivity contribution in [3.05, 3.63) is 65.7 Å². The molecule has 5 rings (SSSR count). The molecular formula is C26H34BNO4. The molecule has 2 aromatic carbocycles. The standard InChI is InChI=1S/C26H34BNO4/c1-24(2)25(3,4)32-27(31-24)21-12-8-11-20(13-21)26(29)14-22-17-30-18-23(15-26)28(22)16-19-9-6-5-7-10-19/h5-13,22-23,29H,14-18H2,1-4H3. The van der Waals surface area contributed by atoms with Crippen LogP contribution in [0.2, 0.25) is 0 Å². The highest BCUT2D eigenvalue weighted by Crippen LogP contribution is 2.42. The summed E-state index contributed by atoms with van der Waals surface area (Å²) < 4.78 is 18.4. The second-order valence-corrected chi connectivity index (χ2v) is 10.7. The maximum Gasteiger partial charge on any atom is 0.494 e. The van der Waals surface area contributed by atoms with Crippen LogP contribution in [0.3, 0.4) is 0 Å². The van der Waals surface area contributed by atoms with Crippen LogP contribution in [0, 0.1) is 0 Å². The molecule has 3 aliphatic heterocycles. The fourth-order valence-corrected chi connectivity index (χ4v) is 5.29. The van der Waals surface area contributed by atoms with E-state index >= 15 is 0 Å². The molecule has 0 spiro atoms. The largest absolute Gasteiger partial charge is 0.494 e. The van der Waals surface area contributed by atoms with Crippen molar-refractivity contribution in [2.45, 2.75) is 76.0 Å². The van der Waals surface area contributed by atoms with Gasteiger partial charge in [0.15, 0.2) is 0 Å². The third kappa shape index (κ3) is 3.93. The Balaban J connectivity index is 1.37. The highest BCUT2D eigenvalue weighted by molar-refractivity contribution is 6.62. The van der Waals surface area contributed by atoms with Crippen molar-refractivity contribution in [3.63, 3.8) is 0 Å². The van der Waals surface area contributed by atoms with Crippen LogP contribution >= 0.6 is 0 Å². The van der Waals surface area contributed by atoms with Gasteiger partial charge in [-0.25, -0.2) is 0 Å². The molecule has 0 saturated carbocycles. The summed E-state index contributed by atoms with van der Waals surface area (Å²) in [6.07, 6.45) is 1.31. The van der Waals surface area contributed by atoms with Gasteiger partial charge in [0.25, 0.3) is 0 Å². The lowest BCUT2D eigenvalue weighted by molar-refractivity contribution is -0.149. The van der Waals surface area contributed by atoms with E-state index in [0.717, 1.165) is 17.6 Å². The number of piperidine rings is 1. The number of hydrogen-bond donors (Lipinski definition) is 1. The Bertz CT molecular complexity index is 933. The quantitative estimate of drug-likeness (QED) is 0.748. The topological polar surface area (TPSA) is 51.2 Å². The van der Waals surface area contributed by atoms with Gasteiger partial charge in [0.2, 0.25) is 0 Å². The van der Waals surface area contributed by atoms with Gasteiger partial charge in [-0.05, 0) is 57.1 Å². The molecule has 3 aliphatic rings. The zero-order valence-corrected chi connectivity index (χ0v) is 19.6. The van der Waals surface area contributed by atoms with E-state index in [1.54, 1.807) is 0 Å². The fraction of sp³-hybridized carbons (Fsp3) is 0.538. The molecule has 2 aromatic rings. The maximum atomic E-state index is 11.8. The van der Waals surface area contributed by atoms with E-state index in [1.807, 2.05) is 18.2 Å². The molecule has 3 heterocycles. The number of aliphatic hydroxyl groups is 1. The van der Waals surface area contributed by atoms with Crippen LogP contribution in [0.25, 0.3) is 0 Å². The smallest absolute Gasteiger partial charge is 0.399 e. The monoisotopic (exact) mass is 435 g/mol. The summed E-state index contributed by atoms with van der Waals surface area (Å²) in [5.74, 6) is 0. The summed E-state index contributed by atoms with van der Waals surface area (Å²) in [5.41, 5.74) is 1.55. The van der Waals surface area contributed by atoms with Gasteiger partial charge in [0, 0.05) is 18.6 Å². The van der Waals surface area contributed by atoms with Gasteiger partial charge in [0.05, 0.1) is 30.0 Å². The molecule has 6 heteroatoms. The van der Waals surface area contributed by atoms with Crippen LogP contribution in [-0.4, -0.2) is 53.6 Å². The second-order valence-electron chi connectivity index (χ2n) is 10.7. The van der Waals surface area contributed by atoms with E-state index in [9.17, 15) is 5.11 Å². The Kier molecular flexibility index (Phi) is 5.50. The average molecular weight is 435 g/mol. The molecule has 0 aliphatic carbocycles. The average Bonchev–Trinajstić information content (AvgIpc) is 2.97. The predicted molar refractivity (Wildman–Crippen MR) is 126 cm³/mol. The van der Waals surface area contributed by atoms with E-state index in [2.05, 4.69) is 69.0 Å². The summed E-state index contributed by atoms with van der Waals surface area (Å²) in [5, 5.41) is 11.8. The molecule has 0 radical (unpaired) electrons. The lowest BCUT2D eigenvalue weighted by Gasteiger charge is -2.52. The Morgan fingerprint density at radius 1 is 0.906 bits per heavy atom. The Labute approximate surface area is 191 Å². The van der Waals surface area contributed by atoms with E-state index in [0.29, 0.717) is 26.1 Å². The number of ether oxygens (including phenoxy) is 1. The van der Waals surface area contributed by atoms with Crippen LogP contribution < -0.4 is 5.46 Å². The second kappa shape index (κ2) is 7.96. The van der Waals surface area contributed by atoms with Crippen LogP contribution in [0.1, 0.15) is 51.7 Å². The minimum absolute atomic E-state index is 0.188. The zero-order valence-electron chi connectivity index (χ0n) is 19.6. The zero-order chi connectivity index (χ0) is 22.6. The van der Waals surface area contributed by atoms with Crippen LogP contribution in [-0.2, 0) is 26.2 Å². The van der Waals surface area contributed by atoms with E-state index in [4.69, 9.17) is 14.0 Å². The van der Waals surface area contributed by atoms with Gasteiger partial charge in [0.1, 0.15) is 0 Å². The lowest BCUT2D eigenvalue weighted by atomic mass is 9.72. The van der Waals surface area contributed by atoms with Gasteiger partial charge < -0.3 is 19.2 Å². The summed E-state index contributed by atoms with van der Waals surface area (Å²) in [7, 11) is -0.426. The van der Waals surface area contributed by atoms with Gasteiger partial charge in [-0.2, -0.15) is 0 Å². The number of fused-ring (bicyclic) bond motifs is 2. The first kappa shape index (κ1) is 22.1. The molecule has 32 heavy (non-hydrogen) atoms. The number of morpholine rings is 1. The Morgan fingerprint density at radius 3 is 2.16 bits per heavy atom. The lowest BCUT2D eigenvalue weighted by Crippen LogP contribution is -2.60. The molecule has 3 fully saturated rings. The number of hydrogen-bond acceptors (Lipinski definition) is 5. The normalized spacial score (nSPS) is 31.6. The van der Waals surface area contributed by atoms with Crippen molar-refractivity contribution in [3.8, 4) is 0 Å². The molecule has 2 atom stereocenters. The first-order valence-corrected chi connectivity index (χ1v) is 11.7. The van der Waals surface area contributed by atoms with Crippen molar-refractivity contribution in [1.29, 1.82) is 0 Å².